The zero-order valence-corrected chi connectivity index (χ0v) is 13.8. The van der Waals surface area contributed by atoms with Crippen LogP contribution < -0.4 is 51.0 Å². The van der Waals surface area contributed by atoms with Gasteiger partial charge in [-0.1, -0.05) is 19.8 Å². The number of unbranched alkanes of at least 4 members (excludes halogenated alkanes) is 2. The molecule has 0 aliphatic carbocycles. The van der Waals surface area contributed by atoms with E-state index in [1.165, 1.54) is 0 Å². The smallest absolute Gasteiger partial charge is 0.777 e. The summed E-state index contributed by atoms with van der Waals surface area (Å²) in [6.45, 7) is 4.38. The van der Waals surface area contributed by atoms with E-state index in [-0.39, 0.29) is 35.7 Å². The molecule has 0 amide bonds. The van der Waals surface area contributed by atoms with Gasteiger partial charge >= 0.3 is 29.6 Å². The molecule has 0 saturated heterocycles. The number of hydrogen-bond donors (Lipinski definition) is 3. The molecule has 6 nitrogen and oxygen atoms in total. The Balaban J connectivity index is 0. The van der Waals surface area contributed by atoms with Gasteiger partial charge < -0.3 is 20.5 Å². The van der Waals surface area contributed by atoms with Gasteiger partial charge in [0.1, 0.15) is 0 Å². The second kappa shape index (κ2) is 13.5. The van der Waals surface area contributed by atoms with Crippen molar-refractivity contribution < 1.29 is 43.6 Å². The summed E-state index contributed by atoms with van der Waals surface area (Å²) in [6, 6.07) is 0. The average molecular weight is 275 g/mol. The van der Waals surface area contributed by atoms with Crippen molar-refractivity contribution in [1.82, 2.24) is 10.8 Å². The van der Waals surface area contributed by atoms with Crippen LogP contribution in [0.2, 0.25) is 0 Å². The van der Waals surface area contributed by atoms with Crippen molar-refractivity contribution in [3.63, 3.8) is 0 Å². The van der Waals surface area contributed by atoms with Crippen molar-refractivity contribution in [2.24, 2.45) is 5.73 Å². The predicted molar refractivity (Wildman–Crippen MR) is 63.0 cm³/mol. The molecule has 0 aromatic heterocycles. The first kappa shape index (κ1) is 20.3. The van der Waals surface area contributed by atoms with Crippen molar-refractivity contribution in [3.8, 4) is 0 Å². The van der Waals surface area contributed by atoms with E-state index >= 15 is 0 Å². The van der Waals surface area contributed by atoms with Gasteiger partial charge in [-0.15, -0.1) is 0 Å². The fourth-order valence-corrected chi connectivity index (χ4v) is 2.10. The third kappa shape index (κ3) is 15.0. The van der Waals surface area contributed by atoms with Gasteiger partial charge in [-0.05, 0) is 6.42 Å². The van der Waals surface area contributed by atoms with E-state index in [0.717, 1.165) is 12.8 Å². The molecule has 17 heavy (non-hydrogen) atoms. The Hall–Kier alpha value is 1.03. The van der Waals surface area contributed by atoms with E-state index in [4.69, 9.17) is 5.73 Å². The molecule has 0 aromatic rings. The molecule has 0 rings (SSSR count). The van der Waals surface area contributed by atoms with Crippen LogP contribution in [0.15, 0.2) is 0 Å². The van der Waals surface area contributed by atoms with Crippen molar-refractivity contribution in [1.29, 1.82) is 0 Å². The van der Waals surface area contributed by atoms with Crippen LogP contribution in [0.5, 0.6) is 0 Å². The summed E-state index contributed by atoms with van der Waals surface area (Å²) in [7, 11) is -3.69. The van der Waals surface area contributed by atoms with Crippen LogP contribution in [0.3, 0.4) is 0 Å². The summed E-state index contributed by atoms with van der Waals surface area (Å²) in [6.07, 6.45) is 2.67. The van der Waals surface area contributed by atoms with Gasteiger partial charge in [-0.3, -0.25) is 4.62 Å². The summed E-state index contributed by atoms with van der Waals surface area (Å²) in [4.78, 5) is 11.3. The molecule has 0 aliphatic heterocycles. The van der Waals surface area contributed by atoms with Crippen molar-refractivity contribution in [2.45, 2.75) is 26.2 Å². The molecule has 0 aromatic carbocycles. The van der Waals surface area contributed by atoms with E-state index in [0.29, 0.717) is 32.6 Å². The number of hydroxylamine groups is 1. The maximum Gasteiger partial charge on any atom is 1.00 e. The molecular weight excluding hydrogens is 252 g/mol. The molecule has 0 aliphatic rings. The topological polar surface area (TPSA) is 99.4 Å². The first-order chi connectivity index (χ1) is 7.62. The SMILES string of the molecule is CCCCCP(=O)([O-])ONCCNCCN.[Na+]. The maximum absolute atomic E-state index is 11.3. The third-order valence-electron chi connectivity index (χ3n) is 1.96. The average Bonchev–Trinajstić information content (AvgIpc) is 2.23. The van der Waals surface area contributed by atoms with E-state index in [1.807, 2.05) is 6.92 Å². The largest absolute Gasteiger partial charge is 1.00 e. The van der Waals surface area contributed by atoms with E-state index in [9.17, 15) is 9.46 Å². The Labute approximate surface area is 126 Å². The van der Waals surface area contributed by atoms with E-state index < -0.39 is 7.60 Å². The number of nitrogens with one attached hydrogen (secondary N) is 2. The molecule has 0 heterocycles. The fraction of sp³-hybridized carbons (Fsp3) is 1.00. The minimum absolute atomic E-state index is 0. The Morgan fingerprint density at radius 2 is 2.00 bits per heavy atom. The summed E-state index contributed by atoms with van der Waals surface area (Å²) < 4.78 is 15.9. The first-order valence-corrected chi connectivity index (χ1v) is 7.47. The standard InChI is InChI=1S/C9H24N3O3P.Na/c1-2-3-4-9-16(13,14)15-12-8-7-11-6-5-10;/h11-12H,2-10H2,1H3,(H,13,14);/q;+1/p-1. The van der Waals surface area contributed by atoms with Gasteiger partial charge in [0, 0.05) is 32.3 Å². The molecule has 4 N–H and O–H groups in total. The fourth-order valence-electron chi connectivity index (χ4n) is 1.11. The van der Waals surface area contributed by atoms with Gasteiger partial charge in [-0.2, -0.15) is 5.48 Å². The van der Waals surface area contributed by atoms with Gasteiger partial charge in [0.05, 0.1) is 0 Å². The number of rotatable bonds is 11. The van der Waals surface area contributed by atoms with Gasteiger partial charge in [0.15, 0.2) is 7.60 Å². The molecule has 0 saturated carbocycles. The Bertz CT molecular complexity index is 210. The molecule has 1 unspecified atom stereocenters. The minimum Gasteiger partial charge on any atom is -0.777 e. The van der Waals surface area contributed by atoms with Crippen LogP contribution in [0.4, 0.5) is 0 Å². The molecule has 0 fully saturated rings. The molecule has 0 spiro atoms. The summed E-state index contributed by atoms with van der Waals surface area (Å²) in [5.74, 6) is 0. The van der Waals surface area contributed by atoms with Crippen LogP contribution in [0, 0.1) is 0 Å². The second-order valence-electron chi connectivity index (χ2n) is 3.57. The van der Waals surface area contributed by atoms with Crippen LogP contribution in [-0.4, -0.2) is 32.3 Å². The van der Waals surface area contributed by atoms with Gasteiger partial charge in [0.25, 0.3) is 0 Å². The molecule has 0 radical (unpaired) electrons. The zero-order chi connectivity index (χ0) is 12.3. The zero-order valence-electron chi connectivity index (χ0n) is 10.9. The van der Waals surface area contributed by atoms with Crippen LogP contribution in [0.1, 0.15) is 26.2 Å². The van der Waals surface area contributed by atoms with Crippen LogP contribution in [0.25, 0.3) is 0 Å². The maximum atomic E-state index is 11.3. The molecule has 8 heteroatoms. The molecule has 1 atom stereocenters. The summed E-state index contributed by atoms with van der Waals surface area (Å²) in [5, 5.41) is 3.01. The summed E-state index contributed by atoms with van der Waals surface area (Å²) >= 11 is 0. The van der Waals surface area contributed by atoms with Crippen molar-refractivity contribution in [3.05, 3.63) is 0 Å². The second-order valence-corrected chi connectivity index (χ2v) is 5.42. The monoisotopic (exact) mass is 275 g/mol. The van der Waals surface area contributed by atoms with Crippen molar-refractivity contribution >= 4 is 7.60 Å². The van der Waals surface area contributed by atoms with Gasteiger partial charge in [-0.25, -0.2) is 0 Å². The Kier molecular flexibility index (Phi) is 16.1. The minimum atomic E-state index is -3.69. The number of nitrogens with two attached hydrogens (primary N) is 1. The predicted octanol–water partition coefficient (Wildman–Crippen LogP) is -3.20. The van der Waals surface area contributed by atoms with Crippen LogP contribution in [-0.2, 0) is 9.19 Å². The third-order valence-corrected chi connectivity index (χ3v) is 3.24. The summed E-state index contributed by atoms with van der Waals surface area (Å²) in [5.41, 5.74) is 7.70. The van der Waals surface area contributed by atoms with E-state index in [1.54, 1.807) is 0 Å². The Morgan fingerprint density at radius 3 is 2.59 bits per heavy atom. The first-order valence-electron chi connectivity index (χ1n) is 5.74. The molecular formula is C9H23N3NaO3P. The quantitative estimate of drug-likeness (QED) is 0.159. The number of hydrogen-bond acceptors (Lipinski definition) is 6. The van der Waals surface area contributed by atoms with E-state index in [2.05, 4.69) is 15.4 Å². The van der Waals surface area contributed by atoms with Crippen molar-refractivity contribution in [2.75, 3.05) is 32.3 Å². The van der Waals surface area contributed by atoms with Crippen LogP contribution >= 0.6 is 7.60 Å². The molecule has 0 bridgehead atoms. The van der Waals surface area contributed by atoms with Gasteiger partial charge in [0.2, 0.25) is 0 Å². The molecule has 98 valence electrons. The normalized spacial score (nSPS) is 14.1. The Morgan fingerprint density at radius 1 is 1.29 bits per heavy atom.